The molecule has 3 nitrogen and oxygen atoms in total. The van der Waals surface area contributed by atoms with E-state index in [1.165, 1.54) is 29.2 Å². The first-order chi connectivity index (χ1) is 12.5. The number of carbonyl (C=O) groups is 1. The molecule has 27 heavy (non-hydrogen) atoms. The number of benzene rings is 2. The topological polar surface area (TPSA) is 29.5 Å². The maximum Gasteiger partial charge on any atom is 0.573 e. The van der Waals surface area contributed by atoms with Crippen LogP contribution in [0, 0.1) is 0 Å². The Morgan fingerprint density at radius 3 is 2.22 bits per heavy atom. The van der Waals surface area contributed by atoms with Crippen LogP contribution in [-0.4, -0.2) is 12.3 Å². The molecule has 2 aromatic rings. The van der Waals surface area contributed by atoms with E-state index in [9.17, 15) is 31.1 Å². The van der Waals surface area contributed by atoms with Crippen LogP contribution in [0.4, 0.5) is 32.0 Å². The molecule has 0 saturated carbocycles. The van der Waals surface area contributed by atoms with Gasteiger partial charge in [0, 0.05) is 12.1 Å². The first-order valence-electron chi connectivity index (χ1n) is 7.89. The van der Waals surface area contributed by atoms with Gasteiger partial charge in [0.1, 0.15) is 5.75 Å². The fraction of sp³-hybridized carbons (Fsp3) is 0.278. The largest absolute Gasteiger partial charge is 0.573 e. The van der Waals surface area contributed by atoms with Crippen molar-refractivity contribution in [3.05, 3.63) is 59.7 Å². The molecular formula is C18H13F6NO2. The van der Waals surface area contributed by atoms with Gasteiger partial charge in [0.25, 0.3) is 0 Å². The molecule has 0 unspecified atom stereocenters. The minimum Gasteiger partial charge on any atom is -0.406 e. The highest BCUT2D eigenvalue weighted by Gasteiger charge is 2.36. The Bertz CT molecular complexity index is 829. The first kappa shape index (κ1) is 19.1. The Hall–Kier alpha value is -2.71. The third-order valence-corrected chi connectivity index (χ3v) is 4.16. The lowest BCUT2D eigenvalue weighted by molar-refractivity contribution is -0.274. The van der Waals surface area contributed by atoms with Crippen molar-refractivity contribution in [2.75, 3.05) is 4.90 Å². The van der Waals surface area contributed by atoms with Crippen molar-refractivity contribution in [2.24, 2.45) is 0 Å². The summed E-state index contributed by atoms with van der Waals surface area (Å²) in [5, 5.41) is 0. The zero-order valence-electron chi connectivity index (χ0n) is 13.6. The van der Waals surface area contributed by atoms with Crippen molar-refractivity contribution >= 4 is 11.6 Å². The lowest BCUT2D eigenvalue weighted by Gasteiger charge is -2.26. The normalized spacial score (nSPS) is 18.1. The summed E-state index contributed by atoms with van der Waals surface area (Å²) in [6, 6.07) is 8.70. The minimum absolute atomic E-state index is 0.135. The van der Waals surface area contributed by atoms with Crippen molar-refractivity contribution in [2.45, 2.75) is 31.4 Å². The highest BCUT2D eigenvalue weighted by atomic mass is 19.4. The maximum absolute atomic E-state index is 12.7. The van der Waals surface area contributed by atoms with Crippen LogP contribution in [0.1, 0.15) is 30.0 Å². The molecule has 9 heteroatoms. The molecule has 2 aromatic carbocycles. The quantitative estimate of drug-likeness (QED) is 0.652. The molecule has 1 aliphatic rings. The summed E-state index contributed by atoms with van der Waals surface area (Å²) in [7, 11) is 0. The molecule has 0 spiro atoms. The Kier molecular flexibility index (Phi) is 4.79. The van der Waals surface area contributed by atoms with Crippen molar-refractivity contribution in [3.8, 4) is 5.75 Å². The molecule has 144 valence electrons. The summed E-state index contributed by atoms with van der Waals surface area (Å²) in [5.74, 6) is -0.742. The fourth-order valence-electron chi connectivity index (χ4n) is 3.05. The molecule has 1 saturated heterocycles. The van der Waals surface area contributed by atoms with E-state index in [2.05, 4.69) is 4.74 Å². The van der Waals surface area contributed by atoms with Gasteiger partial charge in [0.2, 0.25) is 5.91 Å². The molecule has 1 amide bonds. The van der Waals surface area contributed by atoms with E-state index in [0.29, 0.717) is 12.0 Å². The van der Waals surface area contributed by atoms with E-state index in [1.54, 1.807) is 6.07 Å². The van der Waals surface area contributed by atoms with Crippen LogP contribution in [0.2, 0.25) is 0 Å². The summed E-state index contributed by atoms with van der Waals surface area (Å²) in [6.07, 6.45) is -8.89. The minimum atomic E-state index is -4.85. The first-order valence-corrected chi connectivity index (χ1v) is 7.89. The van der Waals surface area contributed by atoms with Gasteiger partial charge in [0.05, 0.1) is 11.6 Å². The molecule has 0 aliphatic carbocycles. The fourth-order valence-corrected chi connectivity index (χ4v) is 3.05. The molecule has 1 aliphatic heterocycles. The molecule has 0 aromatic heterocycles. The second-order valence-electron chi connectivity index (χ2n) is 5.98. The summed E-state index contributed by atoms with van der Waals surface area (Å²) >= 11 is 0. The molecule has 0 N–H and O–H groups in total. The average Bonchev–Trinajstić information content (AvgIpc) is 2.94. The van der Waals surface area contributed by atoms with Gasteiger partial charge in [-0.3, -0.25) is 4.79 Å². The summed E-state index contributed by atoms with van der Waals surface area (Å²) in [5.41, 5.74) is -0.199. The van der Waals surface area contributed by atoms with Gasteiger partial charge in [-0.2, -0.15) is 13.2 Å². The van der Waals surface area contributed by atoms with E-state index in [4.69, 9.17) is 0 Å². The molecule has 1 atom stereocenters. The lowest BCUT2D eigenvalue weighted by atomic mass is 10.0. The van der Waals surface area contributed by atoms with Crippen molar-refractivity contribution in [1.82, 2.24) is 0 Å². The monoisotopic (exact) mass is 389 g/mol. The molecule has 1 heterocycles. The van der Waals surface area contributed by atoms with E-state index in [0.717, 1.165) is 18.2 Å². The molecule has 0 radical (unpaired) electrons. The van der Waals surface area contributed by atoms with Gasteiger partial charge >= 0.3 is 12.5 Å². The smallest absolute Gasteiger partial charge is 0.406 e. The van der Waals surface area contributed by atoms with Crippen LogP contribution in [0.3, 0.4) is 0 Å². The third-order valence-electron chi connectivity index (χ3n) is 4.16. The van der Waals surface area contributed by atoms with Crippen LogP contribution in [0.25, 0.3) is 0 Å². The number of amides is 1. The highest BCUT2D eigenvalue weighted by molar-refractivity contribution is 5.96. The van der Waals surface area contributed by atoms with E-state index >= 15 is 0 Å². The predicted molar refractivity (Wildman–Crippen MR) is 84.0 cm³/mol. The number of hydrogen-bond acceptors (Lipinski definition) is 2. The SMILES string of the molecule is O=C1CC[C@H](c2cccc(OC(F)(F)F)c2)N1c1ccc(C(F)(F)F)cc1. The van der Waals surface area contributed by atoms with Gasteiger partial charge in [-0.05, 0) is 48.4 Å². The zero-order valence-corrected chi connectivity index (χ0v) is 13.6. The van der Waals surface area contributed by atoms with E-state index in [-0.39, 0.29) is 18.0 Å². The molecular weight excluding hydrogens is 376 g/mol. The van der Waals surface area contributed by atoms with Crippen molar-refractivity contribution in [3.63, 3.8) is 0 Å². The second kappa shape index (κ2) is 6.79. The number of ether oxygens (including phenoxy) is 1. The average molecular weight is 389 g/mol. The van der Waals surface area contributed by atoms with Crippen molar-refractivity contribution < 1.29 is 35.9 Å². The van der Waals surface area contributed by atoms with Gasteiger partial charge in [-0.15, -0.1) is 13.2 Å². The Labute approximate surface area is 150 Å². The van der Waals surface area contributed by atoms with Gasteiger partial charge in [-0.1, -0.05) is 12.1 Å². The van der Waals surface area contributed by atoms with Crippen LogP contribution in [-0.2, 0) is 11.0 Å². The van der Waals surface area contributed by atoms with E-state index < -0.39 is 29.9 Å². The number of alkyl halides is 6. The van der Waals surface area contributed by atoms with Crippen LogP contribution in [0.15, 0.2) is 48.5 Å². The number of anilines is 1. The zero-order chi connectivity index (χ0) is 19.8. The number of carbonyl (C=O) groups excluding carboxylic acids is 1. The van der Waals surface area contributed by atoms with Crippen LogP contribution < -0.4 is 9.64 Å². The number of halogens is 6. The van der Waals surface area contributed by atoms with E-state index in [1.807, 2.05) is 0 Å². The lowest BCUT2D eigenvalue weighted by Crippen LogP contribution is -2.27. The summed E-state index contributed by atoms with van der Waals surface area (Å²) < 4.78 is 79.2. The Morgan fingerprint density at radius 1 is 0.963 bits per heavy atom. The third kappa shape index (κ3) is 4.35. The Morgan fingerprint density at radius 2 is 1.63 bits per heavy atom. The van der Waals surface area contributed by atoms with Gasteiger partial charge in [-0.25, -0.2) is 0 Å². The maximum atomic E-state index is 12.7. The second-order valence-corrected chi connectivity index (χ2v) is 5.98. The summed E-state index contributed by atoms with van der Waals surface area (Å²) in [6.45, 7) is 0. The standard InChI is InChI=1S/C18H13F6NO2/c19-17(20,21)12-4-6-13(7-5-12)25-15(8-9-16(25)26)11-2-1-3-14(10-11)27-18(22,23)24/h1-7,10,15H,8-9H2/t15-/m1/s1. The van der Waals surface area contributed by atoms with Crippen LogP contribution >= 0.6 is 0 Å². The molecule has 0 bridgehead atoms. The van der Waals surface area contributed by atoms with Crippen molar-refractivity contribution in [1.29, 1.82) is 0 Å². The number of rotatable bonds is 3. The predicted octanol–water partition coefficient (Wildman–Crippen LogP) is 5.47. The molecule has 3 rings (SSSR count). The summed E-state index contributed by atoms with van der Waals surface area (Å²) in [4.78, 5) is 13.5. The van der Waals surface area contributed by atoms with Crippen LogP contribution in [0.5, 0.6) is 5.75 Å². The number of hydrogen-bond donors (Lipinski definition) is 0. The molecule has 1 fully saturated rings. The Balaban J connectivity index is 1.90. The highest BCUT2D eigenvalue weighted by Crippen LogP contribution is 2.39. The number of nitrogens with zero attached hydrogens (tertiary/aromatic N) is 1. The van der Waals surface area contributed by atoms with Gasteiger partial charge < -0.3 is 9.64 Å². The van der Waals surface area contributed by atoms with Gasteiger partial charge in [0.15, 0.2) is 0 Å².